The number of benzene rings is 2. The minimum atomic E-state index is -3.59. The van der Waals surface area contributed by atoms with Crippen molar-refractivity contribution in [2.24, 2.45) is 0 Å². The highest BCUT2D eigenvalue weighted by molar-refractivity contribution is 7.92. The number of hydrogen-bond donors (Lipinski definition) is 0. The normalized spacial score (nSPS) is 11.2. The predicted molar refractivity (Wildman–Crippen MR) is 95.3 cm³/mol. The smallest absolute Gasteiger partial charge is 0.337 e. The van der Waals surface area contributed by atoms with E-state index < -0.39 is 16.0 Å². The Labute approximate surface area is 150 Å². The summed E-state index contributed by atoms with van der Waals surface area (Å²) in [7, 11) is -2.31. The Morgan fingerprint density at radius 3 is 2.08 bits per heavy atom. The number of nitrogens with zero attached hydrogens (tertiary/aromatic N) is 1. The first kappa shape index (κ1) is 18.6. The number of esters is 1. The van der Waals surface area contributed by atoms with Gasteiger partial charge in [-0.15, -0.1) is 0 Å². The number of rotatable bonds is 5. The number of anilines is 1. The Balaban J connectivity index is 2.42. The summed E-state index contributed by atoms with van der Waals surface area (Å²) in [5.41, 5.74) is 1.22. The van der Waals surface area contributed by atoms with Gasteiger partial charge >= 0.3 is 5.97 Å². The first-order valence-electron chi connectivity index (χ1n) is 6.83. The number of hydrogen-bond acceptors (Lipinski definition) is 4. The lowest BCUT2D eigenvalue weighted by Crippen LogP contribution is -2.29. The molecule has 2 aromatic rings. The molecule has 0 aliphatic heterocycles. The van der Waals surface area contributed by atoms with Crippen LogP contribution in [0.5, 0.6) is 0 Å². The zero-order valence-electron chi connectivity index (χ0n) is 13.0. The van der Waals surface area contributed by atoms with E-state index in [2.05, 4.69) is 4.74 Å². The minimum absolute atomic E-state index is 0.0189. The molecule has 0 aromatic heterocycles. The zero-order chi connectivity index (χ0) is 17.9. The summed E-state index contributed by atoms with van der Waals surface area (Å²) in [6.45, 7) is -0.0189. The number of methoxy groups -OCH3 is 1. The molecule has 0 amide bonds. The topological polar surface area (TPSA) is 63.7 Å². The van der Waals surface area contributed by atoms with E-state index in [4.69, 9.17) is 23.2 Å². The van der Waals surface area contributed by atoms with Crippen LogP contribution in [0.3, 0.4) is 0 Å². The first-order valence-corrected chi connectivity index (χ1v) is 9.43. The van der Waals surface area contributed by atoms with Gasteiger partial charge in [0, 0.05) is 15.6 Å². The van der Waals surface area contributed by atoms with Gasteiger partial charge in [-0.25, -0.2) is 13.2 Å². The van der Waals surface area contributed by atoms with Gasteiger partial charge in [0.2, 0.25) is 10.0 Å². The molecule has 0 aliphatic rings. The lowest BCUT2D eigenvalue weighted by Gasteiger charge is -2.23. The monoisotopic (exact) mass is 387 g/mol. The molecule has 0 heterocycles. The fourth-order valence-corrected chi connectivity index (χ4v) is 3.49. The molecule has 24 heavy (non-hydrogen) atoms. The highest BCUT2D eigenvalue weighted by Gasteiger charge is 2.21. The summed E-state index contributed by atoms with van der Waals surface area (Å²) in [5.74, 6) is -0.499. The van der Waals surface area contributed by atoms with Crippen LogP contribution in [0, 0.1) is 0 Å². The number of carbonyl (C=O) groups is 1. The van der Waals surface area contributed by atoms with Gasteiger partial charge in [0.05, 0.1) is 31.2 Å². The molecule has 0 saturated carbocycles. The van der Waals surface area contributed by atoms with Crippen molar-refractivity contribution in [2.45, 2.75) is 6.54 Å². The molecule has 128 valence electrons. The lowest BCUT2D eigenvalue weighted by molar-refractivity contribution is 0.0601. The van der Waals surface area contributed by atoms with Gasteiger partial charge in [0.25, 0.3) is 0 Å². The molecule has 8 heteroatoms. The molecule has 0 bridgehead atoms. The second kappa shape index (κ2) is 7.42. The van der Waals surface area contributed by atoms with E-state index in [0.29, 0.717) is 26.9 Å². The molecule has 0 N–H and O–H groups in total. The Kier molecular flexibility index (Phi) is 5.74. The summed E-state index contributed by atoms with van der Waals surface area (Å²) < 4.78 is 30.2. The number of halogens is 2. The van der Waals surface area contributed by atoms with Crippen molar-refractivity contribution in [1.82, 2.24) is 0 Å². The van der Waals surface area contributed by atoms with Crippen molar-refractivity contribution in [1.29, 1.82) is 0 Å². The SMILES string of the molecule is COC(=O)c1ccc(N(Cc2c(Cl)cccc2Cl)S(C)(=O)=O)cc1. The Morgan fingerprint density at radius 1 is 1.08 bits per heavy atom. The largest absolute Gasteiger partial charge is 0.465 e. The van der Waals surface area contributed by atoms with Crippen LogP contribution in [0.1, 0.15) is 15.9 Å². The third kappa shape index (κ3) is 4.20. The van der Waals surface area contributed by atoms with E-state index in [1.807, 2.05) is 0 Å². The van der Waals surface area contributed by atoms with Gasteiger partial charge in [0.15, 0.2) is 0 Å². The maximum atomic E-state index is 12.2. The molecule has 0 atom stereocenters. The molecule has 5 nitrogen and oxygen atoms in total. The van der Waals surface area contributed by atoms with Crippen LogP contribution in [0.4, 0.5) is 5.69 Å². The molecule has 0 saturated heterocycles. The molecular weight excluding hydrogens is 373 g/mol. The van der Waals surface area contributed by atoms with Crippen molar-refractivity contribution in [3.05, 3.63) is 63.6 Å². The third-order valence-corrected chi connectivity index (χ3v) is 5.19. The zero-order valence-corrected chi connectivity index (χ0v) is 15.3. The van der Waals surface area contributed by atoms with E-state index in [-0.39, 0.29) is 6.54 Å². The molecule has 0 unspecified atom stereocenters. The van der Waals surface area contributed by atoms with Crippen LogP contribution in [-0.2, 0) is 21.3 Å². The van der Waals surface area contributed by atoms with Gasteiger partial charge in [-0.2, -0.15) is 0 Å². The van der Waals surface area contributed by atoms with E-state index in [9.17, 15) is 13.2 Å². The van der Waals surface area contributed by atoms with Gasteiger partial charge in [-0.05, 0) is 36.4 Å². The maximum absolute atomic E-state index is 12.2. The van der Waals surface area contributed by atoms with Crippen LogP contribution in [0.2, 0.25) is 10.0 Å². The average Bonchev–Trinajstić information content (AvgIpc) is 2.53. The quantitative estimate of drug-likeness (QED) is 0.732. The van der Waals surface area contributed by atoms with Crippen molar-refractivity contribution in [3.8, 4) is 0 Å². The van der Waals surface area contributed by atoms with Crippen molar-refractivity contribution in [2.75, 3.05) is 17.7 Å². The summed E-state index contributed by atoms with van der Waals surface area (Å²) >= 11 is 12.3. The van der Waals surface area contributed by atoms with E-state index in [1.165, 1.54) is 35.7 Å². The van der Waals surface area contributed by atoms with E-state index in [0.717, 1.165) is 6.26 Å². The number of carbonyl (C=O) groups excluding carboxylic acids is 1. The summed E-state index contributed by atoms with van der Waals surface area (Å²) in [6.07, 6.45) is 1.09. The Morgan fingerprint density at radius 2 is 1.62 bits per heavy atom. The van der Waals surface area contributed by atoms with Gasteiger partial charge < -0.3 is 4.74 Å². The second-order valence-electron chi connectivity index (χ2n) is 5.01. The lowest BCUT2D eigenvalue weighted by atomic mass is 10.2. The Bertz CT molecular complexity index is 831. The second-order valence-corrected chi connectivity index (χ2v) is 7.73. The van der Waals surface area contributed by atoms with Gasteiger partial charge in [-0.3, -0.25) is 4.31 Å². The minimum Gasteiger partial charge on any atom is -0.465 e. The fraction of sp³-hybridized carbons (Fsp3) is 0.188. The Hall–Kier alpha value is -1.76. The molecule has 2 aromatic carbocycles. The van der Waals surface area contributed by atoms with Crippen LogP contribution in [0.25, 0.3) is 0 Å². The standard InChI is InChI=1S/C16H15Cl2NO4S/c1-23-16(20)11-6-8-12(9-7-11)19(24(2,21)22)10-13-14(17)4-3-5-15(13)18/h3-9H,10H2,1-2H3. The van der Waals surface area contributed by atoms with Crippen LogP contribution >= 0.6 is 23.2 Å². The average molecular weight is 388 g/mol. The highest BCUT2D eigenvalue weighted by atomic mass is 35.5. The van der Waals surface area contributed by atoms with Crippen molar-refractivity contribution < 1.29 is 17.9 Å². The van der Waals surface area contributed by atoms with E-state index >= 15 is 0 Å². The molecular formula is C16H15Cl2NO4S. The molecule has 0 spiro atoms. The molecule has 0 aliphatic carbocycles. The van der Waals surface area contributed by atoms with Gasteiger partial charge in [-0.1, -0.05) is 29.3 Å². The highest BCUT2D eigenvalue weighted by Crippen LogP contribution is 2.29. The molecule has 2 rings (SSSR count). The number of sulfonamides is 1. The van der Waals surface area contributed by atoms with Crippen molar-refractivity contribution >= 4 is 44.9 Å². The third-order valence-electron chi connectivity index (χ3n) is 3.34. The van der Waals surface area contributed by atoms with Crippen LogP contribution in [0.15, 0.2) is 42.5 Å². The van der Waals surface area contributed by atoms with Gasteiger partial charge in [0.1, 0.15) is 0 Å². The van der Waals surface area contributed by atoms with Crippen LogP contribution < -0.4 is 4.31 Å². The number of ether oxygens (including phenoxy) is 1. The van der Waals surface area contributed by atoms with Crippen molar-refractivity contribution in [3.63, 3.8) is 0 Å². The molecule has 0 fully saturated rings. The van der Waals surface area contributed by atoms with Crippen LogP contribution in [-0.4, -0.2) is 27.8 Å². The fourth-order valence-electron chi connectivity index (χ4n) is 2.11. The maximum Gasteiger partial charge on any atom is 0.337 e. The first-order chi connectivity index (χ1) is 11.2. The summed E-state index contributed by atoms with van der Waals surface area (Å²) in [6, 6.07) is 11.0. The predicted octanol–water partition coefficient (Wildman–Crippen LogP) is 3.75. The molecule has 0 radical (unpaired) electrons. The summed E-state index contributed by atoms with van der Waals surface area (Å²) in [5, 5.41) is 0.754. The van der Waals surface area contributed by atoms with E-state index in [1.54, 1.807) is 18.2 Å². The summed E-state index contributed by atoms with van der Waals surface area (Å²) in [4.78, 5) is 11.5.